The molecule has 2 aromatic heterocycles. The number of carbonyl (C=O) groups excluding carboxylic acids is 2. The molecule has 1 aliphatic heterocycles. The fourth-order valence-corrected chi connectivity index (χ4v) is 4.83. The van der Waals surface area contributed by atoms with Crippen molar-refractivity contribution >= 4 is 34.5 Å². The molecule has 1 saturated heterocycles. The van der Waals surface area contributed by atoms with Gasteiger partial charge in [0.25, 0.3) is 11.8 Å². The van der Waals surface area contributed by atoms with E-state index in [9.17, 15) is 9.59 Å². The van der Waals surface area contributed by atoms with Crippen LogP contribution in [0.25, 0.3) is 0 Å². The van der Waals surface area contributed by atoms with E-state index in [1.54, 1.807) is 11.3 Å². The van der Waals surface area contributed by atoms with Crippen molar-refractivity contribution < 1.29 is 9.59 Å². The van der Waals surface area contributed by atoms with Crippen molar-refractivity contribution in [2.45, 2.75) is 24.9 Å². The lowest BCUT2D eigenvalue weighted by molar-refractivity contribution is 0.0680. The third-order valence-electron chi connectivity index (χ3n) is 4.63. The maximum atomic E-state index is 12.5. The summed E-state index contributed by atoms with van der Waals surface area (Å²) in [5.41, 5.74) is 0.789. The minimum atomic E-state index is 0.0169. The van der Waals surface area contributed by atoms with Gasteiger partial charge in [-0.1, -0.05) is 6.07 Å². The SMILES string of the molecule is O=C(NC1CC2CC1CN2C(=O)c1ccsc1)c1cccs1. The normalized spacial score (nSPS) is 26.4. The van der Waals surface area contributed by atoms with E-state index in [-0.39, 0.29) is 23.9 Å². The number of nitrogens with zero attached hydrogens (tertiary/aromatic N) is 1. The molecule has 2 fully saturated rings. The number of rotatable bonds is 3. The molecule has 22 heavy (non-hydrogen) atoms. The van der Waals surface area contributed by atoms with E-state index in [1.165, 1.54) is 11.3 Å². The first-order valence-corrected chi connectivity index (χ1v) is 9.22. The van der Waals surface area contributed by atoms with Crippen LogP contribution in [0, 0.1) is 5.92 Å². The van der Waals surface area contributed by atoms with Crippen LogP contribution in [0.2, 0.25) is 0 Å². The highest BCUT2D eigenvalue weighted by molar-refractivity contribution is 7.12. The fraction of sp³-hybridized carbons (Fsp3) is 0.375. The lowest BCUT2D eigenvalue weighted by Gasteiger charge is -2.31. The van der Waals surface area contributed by atoms with E-state index in [2.05, 4.69) is 5.32 Å². The summed E-state index contributed by atoms with van der Waals surface area (Å²) in [5.74, 6) is 0.538. The predicted octanol–water partition coefficient (Wildman–Crippen LogP) is 2.84. The molecule has 0 aromatic carbocycles. The summed E-state index contributed by atoms with van der Waals surface area (Å²) in [6.45, 7) is 0.759. The van der Waals surface area contributed by atoms with Crippen molar-refractivity contribution in [2.75, 3.05) is 6.54 Å². The number of piperidine rings is 1. The van der Waals surface area contributed by atoms with Gasteiger partial charge in [0.15, 0.2) is 0 Å². The smallest absolute Gasteiger partial charge is 0.261 e. The molecule has 3 unspecified atom stereocenters. The lowest BCUT2D eigenvalue weighted by Crippen LogP contribution is -2.47. The highest BCUT2D eigenvalue weighted by Crippen LogP contribution is 2.38. The van der Waals surface area contributed by atoms with E-state index >= 15 is 0 Å². The molecule has 2 bridgehead atoms. The zero-order chi connectivity index (χ0) is 15.1. The first-order valence-electron chi connectivity index (χ1n) is 7.40. The molecule has 2 aliphatic rings. The average Bonchev–Trinajstić information content (AvgIpc) is 3.28. The number of thiophene rings is 2. The van der Waals surface area contributed by atoms with Gasteiger partial charge in [-0.15, -0.1) is 11.3 Å². The molecule has 4 rings (SSSR count). The summed E-state index contributed by atoms with van der Waals surface area (Å²) in [4.78, 5) is 27.4. The molecule has 0 radical (unpaired) electrons. The van der Waals surface area contributed by atoms with Gasteiger partial charge in [0, 0.05) is 24.0 Å². The summed E-state index contributed by atoms with van der Waals surface area (Å²) in [5, 5.41) is 8.90. The Labute approximate surface area is 136 Å². The second-order valence-corrected chi connectivity index (χ2v) is 7.64. The predicted molar refractivity (Wildman–Crippen MR) is 87.4 cm³/mol. The van der Waals surface area contributed by atoms with Gasteiger partial charge in [0.1, 0.15) is 0 Å². The molecule has 114 valence electrons. The Kier molecular flexibility index (Phi) is 3.50. The molecule has 6 heteroatoms. The van der Waals surface area contributed by atoms with E-state index < -0.39 is 0 Å². The Bertz CT molecular complexity index is 681. The molecule has 4 nitrogen and oxygen atoms in total. The topological polar surface area (TPSA) is 49.4 Å². The van der Waals surface area contributed by atoms with Gasteiger partial charge >= 0.3 is 0 Å². The van der Waals surface area contributed by atoms with E-state index in [0.29, 0.717) is 5.92 Å². The number of likely N-dealkylation sites (tertiary alicyclic amines) is 1. The van der Waals surface area contributed by atoms with Crippen LogP contribution in [0.3, 0.4) is 0 Å². The van der Waals surface area contributed by atoms with Gasteiger partial charge in [-0.25, -0.2) is 0 Å². The van der Waals surface area contributed by atoms with Crippen LogP contribution in [0.5, 0.6) is 0 Å². The Morgan fingerprint density at radius 1 is 1.23 bits per heavy atom. The number of hydrogen-bond donors (Lipinski definition) is 1. The van der Waals surface area contributed by atoms with Crippen molar-refractivity contribution in [3.63, 3.8) is 0 Å². The second kappa shape index (κ2) is 5.52. The lowest BCUT2D eigenvalue weighted by atomic mass is 10.0. The van der Waals surface area contributed by atoms with E-state index in [0.717, 1.165) is 29.8 Å². The van der Waals surface area contributed by atoms with Crippen LogP contribution >= 0.6 is 22.7 Å². The van der Waals surface area contributed by atoms with Crippen LogP contribution in [0.4, 0.5) is 0 Å². The largest absolute Gasteiger partial charge is 0.348 e. The molecule has 0 spiro atoms. The summed E-state index contributed by atoms with van der Waals surface area (Å²) in [7, 11) is 0. The highest BCUT2D eigenvalue weighted by atomic mass is 32.1. The molecular weight excluding hydrogens is 316 g/mol. The molecule has 1 N–H and O–H groups in total. The molecule has 2 aromatic rings. The maximum Gasteiger partial charge on any atom is 0.261 e. The van der Waals surface area contributed by atoms with E-state index in [1.807, 2.05) is 39.2 Å². The van der Waals surface area contributed by atoms with Crippen molar-refractivity contribution in [1.82, 2.24) is 10.2 Å². The molecule has 3 heterocycles. The fourth-order valence-electron chi connectivity index (χ4n) is 3.58. The molecule has 3 atom stereocenters. The van der Waals surface area contributed by atoms with Crippen LogP contribution in [0.15, 0.2) is 34.3 Å². The van der Waals surface area contributed by atoms with Gasteiger partial charge in [0.2, 0.25) is 0 Å². The maximum absolute atomic E-state index is 12.5. The minimum absolute atomic E-state index is 0.0169. The molecule has 1 saturated carbocycles. The van der Waals surface area contributed by atoms with Gasteiger partial charge in [-0.05, 0) is 41.7 Å². The number of fused-ring (bicyclic) bond motifs is 2. The molecule has 1 aliphatic carbocycles. The number of carbonyl (C=O) groups is 2. The van der Waals surface area contributed by atoms with Crippen molar-refractivity contribution in [3.05, 3.63) is 44.8 Å². The summed E-state index contributed by atoms with van der Waals surface area (Å²) >= 11 is 3.01. The van der Waals surface area contributed by atoms with E-state index in [4.69, 9.17) is 0 Å². The Balaban J connectivity index is 1.40. The minimum Gasteiger partial charge on any atom is -0.348 e. The quantitative estimate of drug-likeness (QED) is 0.939. The second-order valence-electron chi connectivity index (χ2n) is 5.91. The third kappa shape index (κ3) is 2.36. The zero-order valence-corrected chi connectivity index (χ0v) is 13.5. The first-order chi connectivity index (χ1) is 10.7. The molecular formula is C16H16N2O2S2. The Morgan fingerprint density at radius 2 is 2.14 bits per heavy atom. The first kappa shape index (κ1) is 14.0. The summed E-state index contributed by atoms with van der Waals surface area (Å²) in [6.07, 6.45) is 1.88. The number of nitrogens with one attached hydrogen (secondary N) is 1. The highest BCUT2D eigenvalue weighted by Gasteiger charge is 2.47. The van der Waals surface area contributed by atoms with Crippen molar-refractivity contribution in [2.24, 2.45) is 5.92 Å². The molecule has 2 amide bonds. The van der Waals surface area contributed by atoms with Gasteiger partial charge < -0.3 is 10.2 Å². The number of hydrogen-bond acceptors (Lipinski definition) is 4. The van der Waals surface area contributed by atoms with Crippen LogP contribution in [0.1, 0.15) is 32.9 Å². The zero-order valence-electron chi connectivity index (χ0n) is 11.9. The third-order valence-corrected chi connectivity index (χ3v) is 6.18. The van der Waals surface area contributed by atoms with Gasteiger partial charge in [-0.3, -0.25) is 9.59 Å². The van der Waals surface area contributed by atoms with Gasteiger partial charge in [-0.2, -0.15) is 11.3 Å². The van der Waals surface area contributed by atoms with Crippen molar-refractivity contribution in [1.29, 1.82) is 0 Å². The van der Waals surface area contributed by atoms with Crippen LogP contribution in [-0.2, 0) is 0 Å². The van der Waals surface area contributed by atoms with Crippen molar-refractivity contribution in [3.8, 4) is 0 Å². The van der Waals surface area contributed by atoms with Crippen LogP contribution in [-0.4, -0.2) is 35.3 Å². The Morgan fingerprint density at radius 3 is 2.77 bits per heavy atom. The summed E-state index contributed by atoms with van der Waals surface area (Å²) in [6, 6.07) is 6.09. The average molecular weight is 332 g/mol. The number of amides is 2. The van der Waals surface area contributed by atoms with Crippen LogP contribution < -0.4 is 5.32 Å². The monoisotopic (exact) mass is 332 g/mol. The Hall–Kier alpha value is -1.66. The standard InChI is InChI=1S/C16H16N2O2S2/c19-15(14-2-1-4-22-14)17-13-7-12-6-11(13)8-18(12)16(20)10-3-5-21-9-10/h1-5,9,11-13H,6-8H2,(H,17,19). The van der Waals surface area contributed by atoms with Gasteiger partial charge in [0.05, 0.1) is 10.4 Å². The summed E-state index contributed by atoms with van der Waals surface area (Å²) < 4.78 is 0.